The molecule has 172 valence electrons. The van der Waals surface area contributed by atoms with Gasteiger partial charge in [-0.2, -0.15) is 0 Å². The number of carbonyl (C=O) groups excluding carboxylic acids is 1. The molecule has 0 spiro atoms. The van der Waals surface area contributed by atoms with Gasteiger partial charge < -0.3 is 15.8 Å². The summed E-state index contributed by atoms with van der Waals surface area (Å²) in [5.74, 6) is 1.56. The lowest BCUT2D eigenvalue weighted by Gasteiger charge is -2.28. The van der Waals surface area contributed by atoms with Crippen LogP contribution in [0, 0.1) is 11.8 Å². The van der Waals surface area contributed by atoms with Gasteiger partial charge in [0, 0.05) is 12.1 Å². The zero-order chi connectivity index (χ0) is 23.0. The highest BCUT2D eigenvalue weighted by Gasteiger charge is 2.28. The molecule has 2 aromatic carbocycles. The Kier molecular flexibility index (Phi) is 7.74. The minimum atomic E-state index is -0.190. The van der Waals surface area contributed by atoms with Crippen LogP contribution in [0.4, 0.5) is 0 Å². The van der Waals surface area contributed by atoms with E-state index in [2.05, 4.69) is 28.5 Å². The molecule has 1 amide bonds. The standard InChI is InChI=1S/C28H33N3O2/c1-33-25-13-11-22(12-14-25)24-15-16-30-26(18-24)27(17-20-5-3-2-4-6-20)31-28(32)23-9-7-21(19-29)8-10-23/h2-6,11-16,18,21,23,27H,7-10,17,19,29H2,1H3,(H,31,32). The molecule has 1 saturated carbocycles. The number of methoxy groups -OCH3 is 1. The quantitative estimate of drug-likeness (QED) is 0.518. The zero-order valence-corrected chi connectivity index (χ0v) is 19.2. The van der Waals surface area contributed by atoms with Crippen LogP contribution in [0.25, 0.3) is 11.1 Å². The zero-order valence-electron chi connectivity index (χ0n) is 19.2. The van der Waals surface area contributed by atoms with Crippen LogP contribution in [0.2, 0.25) is 0 Å². The van der Waals surface area contributed by atoms with Crippen molar-refractivity contribution in [3.05, 3.63) is 84.2 Å². The highest BCUT2D eigenvalue weighted by molar-refractivity contribution is 5.79. The second-order valence-electron chi connectivity index (χ2n) is 8.90. The Labute approximate surface area is 196 Å². The van der Waals surface area contributed by atoms with E-state index in [4.69, 9.17) is 10.5 Å². The summed E-state index contributed by atoms with van der Waals surface area (Å²) in [6.07, 6.45) is 6.40. The summed E-state index contributed by atoms with van der Waals surface area (Å²) in [7, 11) is 1.67. The van der Waals surface area contributed by atoms with Crippen molar-refractivity contribution >= 4 is 5.91 Å². The second kappa shape index (κ2) is 11.1. The van der Waals surface area contributed by atoms with Crippen molar-refractivity contribution in [3.63, 3.8) is 0 Å². The Bertz CT molecular complexity index is 1030. The number of hydrogen-bond donors (Lipinski definition) is 2. The fourth-order valence-electron chi connectivity index (χ4n) is 4.63. The van der Waals surface area contributed by atoms with Crippen molar-refractivity contribution in [2.75, 3.05) is 13.7 Å². The maximum absolute atomic E-state index is 13.2. The molecule has 1 aliphatic rings. The first-order valence-corrected chi connectivity index (χ1v) is 11.8. The molecule has 3 aromatic rings. The molecule has 1 unspecified atom stereocenters. The van der Waals surface area contributed by atoms with E-state index < -0.39 is 0 Å². The van der Waals surface area contributed by atoms with Gasteiger partial charge >= 0.3 is 0 Å². The lowest BCUT2D eigenvalue weighted by molar-refractivity contribution is -0.127. The highest BCUT2D eigenvalue weighted by Crippen LogP contribution is 2.30. The number of rotatable bonds is 8. The SMILES string of the molecule is COc1ccc(-c2ccnc(C(Cc3ccccc3)NC(=O)C3CCC(CN)CC3)c2)cc1. The van der Waals surface area contributed by atoms with Gasteiger partial charge in [0.2, 0.25) is 5.91 Å². The predicted octanol–water partition coefficient (Wildman–Crippen LogP) is 4.92. The van der Waals surface area contributed by atoms with E-state index in [9.17, 15) is 4.79 Å². The average molecular weight is 444 g/mol. The number of hydrogen-bond acceptors (Lipinski definition) is 4. The largest absolute Gasteiger partial charge is 0.497 e. The lowest BCUT2D eigenvalue weighted by atomic mass is 9.81. The first-order valence-electron chi connectivity index (χ1n) is 11.8. The van der Waals surface area contributed by atoms with Crippen LogP contribution in [0.1, 0.15) is 43.0 Å². The first kappa shape index (κ1) is 23.0. The van der Waals surface area contributed by atoms with Gasteiger partial charge in [0.15, 0.2) is 0 Å². The fourth-order valence-corrected chi connectivity index (χ4v) is 4.63. The molecule has 5 nitrogen and oxygen atoms in total. The van der Waals surface area contributed by atoms with Gasteiger partial charge in [-0.3, -0.25) is 9.78 Å². The molecule has 0 aliphatic heterocycles. The molecule has 1 aromatic heterocycles. The van der Waals surface area contributed by atoms with Crippen LogP contribution in [0.3, 0.4) is 0 Å². The molecule has 0 radical (unpaired) electrons. The van der Waals surface area contributed by atoms with Gasteiger partial charge in [0.1, 0.15) is 5.75 Å². The highest BCUT2D eigenvalue weighted by atomic mass is 16.5. The maximum Gasteiger partial charge on any atom is 0.223 e. The van der Waals surface area contributed by atoms with Gasteiger partial charge in [-0.25, -0.2) is 0 Å². The second-order valence-corrected chi connectivity index (χ2v) is 8.90. The number of carbonyl (C=O) groups is 1. The van der Waals surface area contributed by atoms with E-state index in [0.29, 0.717) is 18.9 Å². The van der Waals surface area contributed by atoms with Crippen LogP contribution >= 0.6 is 0 Å². The third kappa shape index (κ3) is 5.99. The molecular weight excluding hydrogens is 410 g/mol. The molecule has 1 fully saturated rings. The minimum absolute atomic E-state index is 0.0517. The molecule has 33 heavy (non-hydrogen) atoms. The number of nitrogens with zero attached hydrogens (tertiary/aromatic N) is 1. The van der Waals surface area contributed by atoms with Crippen molar-refractivity contribution in [1.29, 1.82) is 0 Å². The third-order valence-electron chi connectivity index (χ3n) is 6.71. The van der Waals surface area contributed by atoms with Gasteiger partial charge in [-0.05, 0) is 85.5 Å². The lowest BCUT2D eigenvalue weighted by Crippen LogP contribution is -2.37. The molecule has 5 heteroatoms. The summed E-state index contributed by atoms with van der Waals surface area (Å²) in [6, 6.07) is 22.1. The smallest absolute Gasteiger partial charge is 0.223 e. The topological polar surface area (TPSA) is 77.2 Å². The van der Waals surface area contributed by atoms with E-state index in [1.54, 1.807) is 7.11 Å². The van der Waals surface area contributed by atoms with E-state index in [0.717, 1.165) is 48.3 Å². The average Bonchev–Trinajstić information content (AvgIpc) is 2.89. The Balaban J connectivity index is 1.56. The Morgan fingerprint density at radius 2 is 1.76 bits per heavy atom. The predicted molar refractivity (Wildman–Crippen MR) is 132 cm³/mol. The summed E-state index contributed by atoms with van der Waals surface area (Å²) in [6.45, 7) is 0.715. The van der Waals surface area contributed by atoms with Crippen LogP contribution < -0.4 is 15.8 Å². The number of nitrogens with two attached hydrogens (primary N) is 1. The maximum atomic E-state index is 13.2. The summed E-state index contributed by atoms with van der Waals surface area (Å²) in [5, 5.41) is 3.33. The van der Waals surface area contributed by atoms with Gasteiger partial charge in [-0.1, -0.05) is 42.5 Å². The Hall–Kier alpha value is -3.18. The Morgan fingerprint density at radius 1 is 1.03 bits per heavy atom. The van der Waals surface area contributed by atoms with E-state index >= 15 is 0 Å². The van der Waals surface area contributed by atoms with E-state index in [-0.39, 0.29) is 17.9 Å². The number of benzene rings is 2. The molecule has 0 saturated heterocycles. The number of amides is 1. The molecule has 4 rings (SSSR count). The molecule has 3 N–H and O–H groups in total. The number of ether oxygens (including phenoxy) is 1. The minimum Gasteiger partial charge on any atom is -0.497 e. The summed E-state index contributed by atoms with van der Waals surface area (Å²) < 4.78 is 5.28. The molecule has 1 atom stereocenters. The van der Waals surface area contributed by atoms with Crippen LogP contribution in [0.5, 0.6) is 5.75 Å². The van der Waals surface area contributed by atoms with Crippen molar-refractivity contribution in [2.24, 2.45) is 17.6 Å². The van der Waals surface area contributed by atoms with Crippen molar-refractivity contribution in [1.82, 2.24) is 10.3 Å². The van der Waals surface area contributed by atoms with Gasteiger partial charge in [-0.15, -0.1) is 0 Å². The van der Waals surface area contributed by atoms with Gasteiger partial charge in [0.05, 0.1) is 18.8 Å². The Morgan fingerprint density at radius 3 is 2.42 bits per heavy atom. The van der Waals surface area contributed by atoms with Gasteiger partial charge in [0.25, 0.3) is 0 Å². The van der Waals surface area contributed by atoms with E-state index in [1.807, 2.05) is 54.7 Å². The number of aromatic nitrogens is 1. The van der Waals surface area contributed by atoms with E-state index in [1.165, 1.54) is 5.56 Å². The molecule has 0 bridgehead atoms. The number of pyridine rings is 1. The molecular formula is C28H33N3O2. The summed E-state index contributed by atoms with van der Waals surface area (Å²) >= 11 is 0. The van der Waals surface area contributed by atoms with Crippen LogP contribution in [-0.2, 0) is 11.2 Å². The fraction of sp³-hybridized carbons (Fsp3) is 0.357. The monoisotopic (exact) mass is 443 g/mol. The summed E-state index contributed by atoms with van der Waals surface area (Å²) in [5.41, 5.74) is 10.0. The number of nitrogens with one attached hydrogen (secondary N) is 1. The first-order chi connectivity index (χ1) is 16.2. The third-order valence-corrected chi connectivity index (χ3v) is 6.71. The van der Waals surface area contributed by atoms with Crippen LogP contribution in [0.15, 0.2) is 72.9 Å². The van der Waals surface area contributed by atoms with Crippen molar-refractivity contribution in [3.8, 4) is 16.9 Å². The summed E-state index contributed by atoms with van der Waals surface area (Å²) in [4.78, 5) is 17.9. The molecule has 1 aliphatic carbocycles. The normalized spacial score (nSPS) is 19.0. The van der Waals surface area contributed by atoms with Crippen molar-refractivity contribution in [2.45, 2.75) is 38.1 Å². The van der Waals surface area contributed by atoms with Crippen molar-refractivity contribution < 1.29 is 9.53 Å². The molecule has 1 heterocycles. The van der Waals surface area contributed by atoms with Crippen LogP contribution in [-0.4, -0.2) is 24.5 Å².